The summed E-state index contributed by atoms with van der Waals surface area (Å²) >= 11 is 10.6. The molecule has 1 aliphatic carbocycles. The molecule has 1 unspecified atom stereocenters. The van der Waals surface area contributed by atoms with Crippen molar-refractivity contribution >= 4 is 53.9 Å². The van der Waals surface area contributed by atoms with E-state index in [1.54, 1.807) is 0 Å². The van der Waals surface area contributed by atoms with Crippen LogP contribution in [0.25, 0.3) is 6.08 Å². The van der Waals surface area contributed by atoms with Crippen molar-refractivity contribution in [3.8, 4) is 0 Å². The molecule has 1 aliphatic rings. The molecule has 0 fully saturated rings. The number of allylic oxidation sites excluding steroid dienone is 1. The Balaban J connectivity index is 2.45. The van der Waals surface area contributed by atoms with E-state index in [1.165, 1.54) is 11.1 Å². The molecular weight excluding hydrogens is 360 g/mol. The maximum atomic E-state index is 3.53. The Kier molecular flexibility index (Phi) is 2.69. The summed E-state index contributed by atoms with van der Waals surface area (Å²) < 4.78 is -0.282. The highest BCUT2D eigenvalue weighted by atomic mass is 80.0. The van der Waals surface area contributed by atoms with E-state index in [4.69, 9.17) is 0 Å². The van der Waals surface area contributed by atoms with Gasteiger partial charge in [0.05, 0.1) is 0 Å². The third kappa shape index (κ3) is 1.92. The lowest BCUT2D eigenvalue weighted by molar-refractivity contribution is 0.932. The Labute approximate surface area is 103 Å². The number of alkyl halides is 3. The van der Waals surface area contributed by atoms with E-state index < -0.39 is 0 Å². The lowest BCUT2D eigenvalue weighted by atomic mass is 10.0. The van der Waals surface area contributed by atoms with Crippen LogP contribution in [0.3, 0.4) is 0 Å². The van der Waals surface area contributed by atoms with E-state index in [1.807, 2.05) is 18.2 Å². The van der Waals surface area contributed by atoms with Crippen LogP contribution in [-0.2, 0) is 0 Å². The minimum atomic E-state index is -0.282. The summed E-state index contributed by atoms with van der Waals surface area (Å²) in [5.74, 6) is 0.212. The van der Waals surface area contributed by atoms with E-state index in [2.05, 4.69) is 66.0 Å². The van der Waals surface area contributed by atoms with Gasteiger partial charge >= 0.3 is 0 Å². The first kappa shape index (κ1) is 9.94. The fourth-order valence-electron chi connectivity index (χ4n) is 1.44. The molecule has 1 aromatic carbocycles. The van der Waals surface area contributed by atoms with Crippen molar-refractivity contribution in [2.45, 2.75) is 8.06 Å². The average molecular weight is 366 g/mol. The molecule has 1 atom stereocenters. The Hall–Kier alpha value is 0.400. The lowest BCUT2D eigenvalue weighted by Crippen LogP contribution is -2.11. The molecule has 0 saturated heterocycles. The first-order chi connectivity index (χ1) is 6.09. The second-order valence-corrected chi connectivity index (χ2v) is 9.86. The van der Waals surface area contributed by atoms with Gasteiger partial charge < -0.3 is 0 Å². The van der Waals surface area contributed by atoms with E-state index in [0.29, 0.717) is 0 Å². The van der Waals surface area contributed by atoms with Crippen molar-refractivity contribution in [2.24, 2.45) is 0 Å². The zero-order valence-electron chi connectivity index (χ0n) is 6.60. The average Bonchev–Trinajstić information content (AvgIpc) is 2.45. The quantitative estimate of drug-likeness (QED) is 0.596. The minimum absolute atomic E-state index is 0.212. The Bertz CT molecular complexity index is 349. The Morgan fingerprint density at radius 3 is 2.54 bits per heavy atom. The smallest absolute Gasteiger partial charge is 0.0619 e. The molecular formula is C10H6Br3. The molecule has 1 aromatic rings. The summed E-state index contributed by atoms with van der Waals surface area (Å²) in [4.78, 5) is 0. The van der Waals surface area contributed by atoms with Crippen molar-refractivity contribution in [3.05, 3.63) is 41.5 Å². The largest absolute Gasteiger partial charge is 0.145 e. The molecule has 0 aliphatic heterocycles. The summed E-state index contributed by atoms with van der Waals surface area (Å²) in [6, 6.07) is 8.30. The summed E-state index contributed by atoms with van der Waals surface area (Å²) in [7, 11) is 0. The van der Waals surface area contributed by atoms with Gasteiger partial charge in [-0.1, -0.05) is 78.1 Å². The molecule has 0 nitrogen and oxygen atoms in total. The first-order valence-electron chi connectivity index (χ1n) is 3.84. The first-order valence-corrected chi connectivity index (χ1v) is 6.22. The molecule has 13 heavy (non-hydrogen) atoms. The van der Waals surface area contributed by atoms with Gasteiger partial charge in [0, 0.05) is 5.92 Å². The maximum absolute atomic E-state index is 3.53. The van der Waals surface area contributed by atoms with E-state index in [0.717, 1.165) is 0 Å². The number of benzene rings is 1. The summed E-state index contributed by atoms with van der Waals surface area (Å²) in [6.07, 6.45) is 5.32. The van der Waals surface area contributed by atoms with Crippen LogP contribution in [0, 0.1) is 6.08 Å². The van der Waals surface area contributed by atoms with Crippen LogP contribution in [0.4, 0.5) is 0 Å². The number of rotatable bonds is 0. The van der Waals surface area contributed by atoms with Crippen molar-refractivity contribution in [3.63, 3.8) is 0 Å². The predicted molar refractivity (Wildman–Crippen MR) is 66.4 cm³/mol. The van der Waals surface area contributed by atoms with Gasteiger partial charge in [-0.2, -0.15) is 0 Å². The Morgan fingerprint density at radius 2 is 1.85 bits per heavy atom. The molecule has 1 radical (unpaired) electrons. The zero-order valence-corrected chi connectivity index (χ0v) is 11.4. The summed E-state index contributed by atoms with van der Waals surface area (Å²) in [5.41, 5.74) is 2.53. The normalized spacial score (nSPS) is 20.4. The van der Waals surface area contributed by atoms with Crippen LogP contribution in [-0.4, -0.2) is 2.14 Å². The highest BCUT2D eigenvalue weighted by Crippen LogP contribution is 2.50. The van der Waals surface area contributed by atoms with Gasteiger partial charge in [-0.25, -0.2) is 0 Å². The number of hydrogen-bond acceptors (Lipinski definition) is 0. The van der Waals surface area contributed by atoms with E-state index in [-0.39, 0.29) is 8.06 Å². The van der Waals surface area contributed by atoms with Gasteiger partial charge in [0.1, 0.15) is 2.14 Å². The molecule has 2 rings (SSSR count). The third-order valence-corrected chi connectivity index (χ3v) is 3.41. The van der Waals surface area contributed by atoms with Gasteiger partial charge in [0.25, 0.3) is 0 Å². The van der Waals surface area contributed by atoms with E-state index in [9.17, 15) is 0 Å². The van der Waals surface area contributed by atoms with Gasteiger partial charge in [0.2, 0.25) is 0 Å². The van der Waals surface area contributed by atoms with Crippen molar-refractivity contribution < 1.29 is 0 Å². The molecule has 67 valence electrons. The molecule has 0 spiro atoms. The molecule has 0 amide bonds. The zero-order chi connectivity index (χ0) is 9.47. The van der Waals surface area contributed by atoms with Crippen molar-refractivity contribution in [2.75, 3.05) is 0 Å². The molecule has 0 bridgehead atoms. The minimum Gasteiger partial charge on any atom is -0.0619 e. The predicted octanol–water partition coefficient (Wildman–Crippen LogP) is 4.44. The van der Waals surface area contributed by atoms with Crippen LogP contribution < -0.4 is 0 Å². The van der Waals surface area contributed by atoms with Crippen LogP contribution in [0.1, 0.15) is 17.0 Å². The fraction of sp³-hybridized carbons (Fsp3) is 0.200. The summed E-state index contributed by atoms with van der Waals surface area (Å²) in [6.45, 7) is 0. The van der Waals surface area contributed by atoms with Crippen molar-refractivity contribution in [1.29, 1.82) is 0 Å². The SMILES string of the molecule is BrC(Br)(Br)C1[C]=Cc2ccccc21. The highest BCUT2D eigenvalue weighted by Gasteiger charge is 2.33. The van der Waals surface area contributed by atoms with Gasteiger partial charge in [0.15, 0.2) is 0 Å². The molecule has 0 N–H and O–H groups in total. The molecule has 0 saturated carbocycles. The van der Waals surface area contributed by atoms with Crippen molar-refractivity contribution in [1.82, 2.24) is 0 Å². The van der Waals surface area contributed by atoms with Gasteiger partial charge in [-0.05, 0) is 17.2 Å². The maximum Gasteiger partial charge on any atom is 0.145 e. The van der Waals surface area contributed by atoms with Crippen LogP contribution in [0.2, 0.25) is 0 Å². The second kappa shape index (κ2) is 3.52. The van der Waals surface area contributed by atoms with Gasteiger partial charge in [-0.3, -0.25) is 0 Å². The number of fused-ring (bicyclic) bond motifs is 1. The third-order valence-electron chi connectivity index (χ3n) is 2.04. The number of halogens is 3. The molecule has 0 aromatic heterocycles. The van der Waals surface area contributed by atoms with Crippen LogP contribution in [0.5, 0.6) is 0 Å². The highest BCUT2D eigenvalue weighted by molar-refractivity contribution is 9.39. The second-order valence-electron chi connectivity index (χ2n) is 2.91. The Morgan fingerprint density at radius 1 is 1.15 bits per heavy atom. The standard InChI is InChI=1S/C10H6Br3/c11-10(12,13)9-6-5-7-3-1-2-4-8(7)9/h1-5,9H. The lowest BCUT2D eigenvalue weighted by Gasteiger charge is -2.20. The number of hydrogen-bond donors (Lipinski definition) is 0. The molecule has 3 heteroatoms. The monoisotopic (exact) mass is 363 g/mol. The van der Waals surface area contributed by atoms with E-state index >= 15 is 0 Å². The van der Waals surface area contributed by atoms with Crippen LogP contribution in [0.15, 0.2) is 24.3 Å². The topological polar surface area (TPSA) is 0 Å². The van der Waals surface area contributed by atoms with Crippen LogP contribution >= 0.6 is 47.8 Å². The summed E-state index contributed by atoms with van der Waals surface area (Å²) in [5, 5.41) is 0. The fourth-order valence-corrected chi connectivity index (χ4v) is 2.58. The molecule has 0 heterocycles. The van der Waals surface area contributed by atoms with Gasteiger partial charge in [-0.15, -0.1) is 0 Å².